The van der Waals surface area contributed by atoms with Crippen molar-refractivity contribution >= 4 is 11.5 Å². The summed E-state index contributed by atoms with van der Waals surface area (Å²) in [6, 6.07) is 5.13. The number of nitrogens with zero attached hydrogens (tertiary/aromatic N) is 2. The zero-order chi connectivity index (χ0) is 13.2. The van der Waals surface area contributed by atoms with Crippen LogP contribution in [0.1, 0.15) is 0 Å². The normalized spacial score (nSPS) is 15.7. The molecule has 2 heterocycles. The first-order valence-electron chi connectivity index (χ1n) is 6.17. The number of hydrogen-bond acceptors (Lipinski definition) is 4. The Labute approximate surface area is 110 Å². The molecular formula is C13H15FN4O. The molecule has 1 aliphatic rings. The number of ether oxygens (including phenoxy) is 1. The lowest BCUT2D eigenvalue weighted by atomic mass is 10.1. The molecule has 0 saturated carbocycles. The Hall–Kier alpha value is -2.08. The minimum atomic E-state index is -0.250. The van der Waals surface area contributed by atoms with Gasteiger partial charge in [-0.25, -0.2) is 4.39 Å². The smallest absolute Gasteiger partial charge is 0.147 e. The van der Waals surface area contributed by atoms with Crippen LogP contribution in [-0.4, -0.2) is 36.5 Å². The fourth-order valence-electron chi connectivity index (χ4n) is 2.26. The summed E-state index contributed by atoms with van der Waals surface area (Å²) in [5, 5.41) is 6.48. The maximum atomic E-state index is 14.2. The number of benzene rings is 1. The molecule has 0 aliphatic carbocycles. The highest BCUT2D eigenvalue weighted by Gasteiger charge is 2.16. The molecule has 0 radical (unpaired) electrons. The van der Waals surface area contributed by atoms with Crippen LogP contribution in [0.5, 0.6) is 0 Å². The molecule has 100 valence electrons. The van der Waals surface area contributed by atoms with Gasteiger partial charge in [-0.3, -0.25) is 5.10 Å². The van der Waals surface area contributed by atoms with Crippen LogP contribution in [0.3, 0.4) is 0 Å². The minimum absolute atomic E-state index is 0.250. The van der Waals surface area contributed by atoms with Crippen molar-refractivity contribution in [2.24, 2.45) is 0 Å². The van der Waals surface area contributed by atoms with Crippen LogP contribution in [-0.2, 0) is 4.74 Å². The first-order chi connectivity index (χ1) is 9.25. The lowest BCUT2D eigenvalue weighted by Gasteiger charge is -2.29. The van der Waals surface area contributed by atoms with Gasteiger partial charge in [0.05, 0.1) is 25.1 Å². The Kier molecular flexibility index (Phi) is 3.08. The average Bonchev–Trinajstić information content (AvgIpc) is 2.86. The van der Waals surface area contributed by atoms with E-state index in [2.05, 4.69) is 10.2 Å². The van der Waals surface area contributed by atoms with E-state index in [0.717, 1.165) is 5.56 Å². The van der Waals surface area contributed by atoms with E-state index in [0.29, 0.717) is 43.4 Å². The number of nitrogen functional groups attached to an aromatic ring is 1. The minimum Gasteiger partial charge on any atom is -0.384 e. The Morgan fingerprint density at radius 2 is 2.11 bits per heavy atom. The van der Waals surface area contributed by atoms with E-state index >= 15 is 0 Å². The number of morpholine rings is 1. The predicted molar refractivity (Wildman–Crippen MR) is 71.4 cm³/mol. The number of nitrogens with two attached hydrogens (primary N) is 1. The fraction of sp³-hybridized carbons (Fsp3) is 0.308. The molecule has 1 aliphatic heterocycles. The number of aromatic amines is 1. The first kappa shape index (κ1) is 12.0. The molecule has 1 aromatic carbocycles. The number of aromatic nitrogens is 2. The third-order valence-corrected chi connectivity index (χ3v) is 3.28. The highest BCUT2D eigenvalue weighted by molar-refractivity contribution is 5.74. The van der Waals surface area contributed by atoms with Gasteiger partial charge in [0.25, 0.3) is 0 Å². The van der Waals surface area contributed by atoms with Gasteiger partial charge in [0.15, 0.2) is 0 Å². The molecular weight excluding hydrogens is 247 g/mol. The van der Waals surface area contributed by atoms with Gasteiger partial charge in [-0.1, -0.05) is 6.07 Å². The molecule has 3 rings (SSSR count). The lowest BCUT2D eigenvalue weighted by molar-refractivity contribution is 0.122. The third kappa shape index (κ3) is 2.26. The van der Waals surface area contributed by atoms with Gasteiger partial charge in [0.2, 0.25) is 0 Å². The van der Waals surface area contributed by atoms with E-state index in [9.17, 15) is 4.39 Å². The quantitative estimate of drug-likeness (QED) is 0.863. The molecule has 0 bridgehead atoms. The summed E-state index contributed by atoms with van der Waals surface area (Å²) in [6.07, 6.45) is 1.60. The molecule has 6 heteroatoms. The first-order valence-corrected chi connectivity index (χ1v) is 6.17. The van der Waals surface area contributed by atoms with E-state index in [-0.39, 0.29) is 5.82 Å². The predicted octanol–water partition coefficient (Wildman–Crippen LogP) is 1.63. The zero-order valence-corrected chi connectivity index (χ0v) is 10.4. The fourth-order valence-corrected chi connectivity index (χ4v) is 2.26. The van der Waals surface area contributed by atoms with Crippen LogP contribution in [0.15, 0.2) is 24.4 Å². The number of anilines is 2. The van der Waals surface area contributed by atoms with Crippen molar-refractivity contribution in [1.82, 2.24) is 10.2 Å². The van der Waals surface area contributed by atoms with E-state index in [1.165, 1.54) is 6.07 Å². The summed E-state index contributed by atoms with van der Waals surface area (Å²) >= 11 is 0. The highest BCUT2D eigenvalue weighted by atomic mass is 19.1. The summed E-state index contributed by atoms with van der Waals surface area (Å²) in [4.78, 5) is 1.99. The Bertz CT molecular complexity index is 578. The van der Waals surface area contributed by atoms with Gasteiger partial charge < -0.3 is 15.4 Å². The van der Waals surface area contributed by atoms with Crippen molar-refractivity contribution in [3.63, 3.8) is 0 Å². The lowest BCUT2D eigenvalue weighted by Crippen LogP contribution is -2.36. The highest BCUT2D eigenvalue weighted by Crippen LogP contribution is 2.29. The van der Waals surface area contributed by atoms with Crippen LogP contribution < -0.4 is 10.6 Å². The number of H-pyrrole nitrogens is 1. The van der Waals surface area contributed by atoms with Gasteiger partial charge in [-0.15, -0.1) is 0 Å². The van der Waals surface area contributed by atoms with Crippen LogP contribution in [0.25, 0.3) is 11.1 Å². The summed E-state index contributed by atoms with van der Waals surface area (Å²) in [5.74, 6) is 0.193. The maximum absolute atomic E-state index is 14.2. The molecule has 0 atom stereocenters. The summed E-state index contributed by atoms with van der Waals surface area (Å²) in [5.41, 5.74) is 7.78. The maximum Gasteiger partial charge on any atom is 0.147 e. The van der Waals surface area contributed by atoms with Crippen LogP contribution in [0.4, 0.5) is 15.9 Å². The number of hydrogen-bond donors (Lipinski definition) is 2. The topological polar surface area (TPSA) is 67.2 Å². The van der Waals surface area contributed by atoms with Gasteiger partial charge in [-0.05, 0) is 17.7 Å². The second kappa shape index (κ2) is 4.89. The molecule has 0 spiro atoms. The number of rotatable bonds is 2. The Balaban J connectivity index is 1.91. The SMILES string of the molecule is Nc1[nH]ncc1-c1ccc(N2CCOCC2)c(F)c1. The summed E-state index contributed by atoms with van der Waals surface area (Å²) in [6.45, 7) is 2.69. The van der Waals surface area contributed by atoms with Crippen molar-refractivity contribution in [3.05, 3.63) is 30.2 Å². The Morgan fingerprint density at radius 1 is 1.32 bits per heavy atom. The van der Waals surface area contributed by atoms with Gasteiger partial charge >= 0.3 is 0 Å². The largest absolute Gasteiger partial charge is 0.384 e. The van der Waals surface area contributed by atoms with Crippen LogP contribution >= 0.6 is 0 Å². The number of nitrogens with one attached hydrogen (secondary N) is 1. The van der Waals surface area contributed by atoms with Crippen molar-refractivity contribution in [2.45, 2.75) is 0 Å². The molecule has 3 N–H and O–H groups in total. The molecule has 1 fully saturated rings. The van der Waals surface area contributed by atoms with Crippen molar-refractivity contribution in [3.8, 4) is 11.1 Å². The third-order valence-electron chi connectivity index (χ3n) is 3.28. The average molecular weight is 262 g/mol. The zero-order valence-electron chi connectivity index (χ0n) is 10.4. The van der Waals surface area contributed by atoms with Gasteiger partial charge in [0.1, 0.15) is 11.6 Å². The van der Waals surface area contributed by atoms with Crippen molar-refractivity contribution in [2.75, 3.05) is 36.9 Å². The van der Waals surface area contributed by atoms with E-state index < -0.39 is 0 Å². The molecule has 19 heavy (non-hydrogen) atoms. The molecule has 1 aromatic heterocycles. The molecule has 0 amide bonds. The monoisotopic (exact) mass is 262 g/mol. The molecule has 2 aromatic rings. The van der Waals surface area contributed by atoms with Gasteiger partial charge in [0, 0.05) is 18.7 Å². The van der Waals surface area contributed by atoms with Crippen molar-refractivity contribution < 1.29 is 9.13 Å². The second-order valence-corrected chi connectivity index (χ2v) is 4.46. The second-order valence-electron chi connectivity index (χ2n) is 4.46. The Morgan fingerprint density at radius 3 is 2.74 bits per heavy atom. The summed E-state index contributed by atoms with van der Waals surface area (Å²) < 4.78 is 19.5. The van der Waals surface area contributed by atoms with E-state index in [1.54, 1.807) is 12.3 Å². The number of halogens is 1. The van der Waals surface area contributed by atoms with Crippen molar-refractivity contribution in [1.29, 1.82) is 0 Å². The van der Waals surface area contributed by atoms with Crippen LogP contribution in [0, 0.1) is 5.82 Å². The van der Waals surface area contributed by atoms with Crippen LogP contribution in [0.2, 0.25) is 0 Å². The molecule has 0 unspecified atom stereocenters. The van der Waals surface area contributed by atoms with E-state index in [4.69, 9.17) is 10.5 Å². The standard InChI is InChI=1S/C13H15FN4O/c14-11-7-9(10-8-16-17-13(10)15)1-2-12(11)18-3-5-19-6-4-18/h1-2,7-8H,3-6H2,(H3,15,16,17). The van der Waals surface area contributed by atoms with E-state index in [1.807, 2.05) is 11.0 Å². The molecule has 1 saturated heterocycles. The summed E-state index contributed by atoms with van der Waals surface area (Å²) in [7, 11) is 0. The molecule has 5 nitrogen and oxygen atoms in total. The van der Waals surface area contributed by atoms with Gasteiger partial charge in [-0.2, -0.15) is 5.10 Å².